The van der Waals surface area contributed by atoms with Crippen molar-refractivity contribution in [3.05, 3.63) is 70.3 Å². The summed E-state index contributed by atoms with van der Waals surface area (Å²) in [4.78, 5) is 30.8. The Kier molecular flexibility index (Phi) is 4.37. The summed E-state index contributed by atoms with van der Waals surface area (Å²) in [5.41, 5.74) is 1.20. The topological polar surface area (TPSA) is 115 Å². The molecule has 2 heterocycles. The molecule has 1 fully saturated rings. The van der Waals surface area contributed by atoms with E-state index in [1.807, 2.05) is 30.3 Å². The summed E-state index contributed by atoms with van der Waals surface area (Å²) in [6.45, 7) is 0. The molecule has 3 aromatic rings. The van der Waals surface area contributed by atoms with Crippen LogP contribution in [0.25, 0.3) is 10.9 Å². The smallest absolute Gasteiger partial charge is 0.257 e. The van der Waals surface area contributed by atoms with Crippen LogP contribution in [0.4, 0.5) is 0 Å². The summed E-state index contributed by atoms with van der Waals surface area (Å²) in [7, 11) is 0. The molecular formula is C20H19N3O4. The normalized spacial score (nSPS) is 20.0. The molecule has 1 aromatic carbocycles. The van der Waals surface area contributed by atoms with Crippen LogP contribution in [0.3, 0.4) is 0 Å². The van der Waals surface area contributed by atoms with Crippen molar-refractivity contribution in [2.75, 3.05) is 0 Å². The third-order valence-electron chi connectivity index (χ3n) is 5.03. The van der Waals surface area contributed by atoms with Crippen LogP contribution in [-0.4, -0.2) is 32.2 Å². The van der Waals surface area contributed by atoms with E-state index in [0.717, 1.165) is 22.5 Å². The third-order valence-corrected chi connectivity index (χ3v) is 5.03. The van der Waals surface area contributed by atoms with E-state index in [4.69, 9.17) is 0 Å². The first-order valence-corrected chi connectivity index (χ1v) is 8.76. The van der Waals surface area contributed by atoms with E-state index in [-0.39, 0.29) is 29.4 Å². The van der Waals surface area contributed by atoms with Crippen LogP contribution >= 0.6 is 0 Å². The molecule has 0 radical (unpaired) electrons. The summed E-state index contributed by atoms with van der Waals surface area (Å²) >= 11 is 0. The first-order chi connectivity index (χ1) is 13.0. The Morgan fingerprint density at radius 2 is 2.04 bits per heavy atom. The van der Waals surface area contributed by atoms with E-state index in [2.05, 4.69) is 15.3 Å². The molecule has 1 atom stereocenters. The number of nitrogens with one attached hydrogen (secondary N) is 2. The highest BCUT2D eigenvalue weighted by Crippen LogP contribution is 2.38. The lowest BCUT2D eigenvalue weighted by Gasteiger charge is -2.38. The number of amides is 1. The molecule has 0 spiro atoms. The van der Waals surface area contributed by atoms with Gasteiger partial charge in [0.15, 0.2) is 0 Å². The second kappa shape index (κ2) is 6.85. The third kappa shape index (κ3) is 3.41. The first kappa shape index (κ1) is 17.2. The fourth-order valence-electron chi connectivity index (χ4n) is 3.50. The van der Waals surface area contributed by atoms with Gasteiger partial charge >= 0.3 is 0 Å². The van der Waals surface area contributed by atoms with Crippen LogP contribution in [0, 0.1) is 5.92 Å². The Labute approximate surface area is 154 Å². The minimum absolute atomic E-state index is 0.00628. The van der Waals surface area contributed by atoms with Gasteiger partial charge < -0.3 is 20.5 Å². The molecular weight excluding hydrogens is 346 g/mol. The van der Waals surface area contributed by atoms with E-state index in [0.29, 0.717) is 12.8 Å². The van der Waals surface area contributed by atoms with Gasteiger partial charge in [0.1, 0.15) is 5.75 Å². The number of aromatic amines is 1. The second-order valence-electron chi connectivity index (χ2n) is 6.89. The van der Waals surface area contributed by atoms with Gasteiger partial charge in [-0.3, -0.25) is 14.6 Å². The lowest BCUT2D eigenvalue weighted by atomic mass is 9.75. The Bertz CT molecular complexity index is 1060. The van der Waals surface area contributed by atoms with Gasteiger partial charge in [0, 0.05) is 23.8 Å². The van der Waals surface area contributed by atoms with Gasteiger partial charge in [-0.15, -0.1) is 0 Å². The quantitative estimate of drug-likeness (QED) is 0.563. The Balaban J connectivity index is 1.66. The molecule has 7 heteroatoms. The number of benzene rings is 1. The minimum Gasteiger partial charge on any atom is -0.507 e. The van der Waals surface area contributed by atoms with Crippen LogP contribution < -0.4 is 10.9 Å². The zero-order valence-corrected chi connectivity index (χ0v) is 14.4. The molecule has 4 rings (SSSR count). The highest BCUT2D eigenvalue weighted by Gasteiger charge is 2.36. The van der Waals surface area contributed by atoms with Gasteiger partial charge in [-0.05, 0) is 36.5 Å². The van der Waals surface area contributed by atoms with Crippen molar-refractivity contribution in [3.63, 3.8) is 0 Å². The maximum Gasteiger partial charge on any atom is 0.257 e. The number of pyridine rings is 2. The van der Waals surface area contributed by atoms with Gasteiger partial charge in [0.2, 0.25) is 0 Å². The van der Waals surface area contributed by atoms with Crippen LogP contribution in [0.1, 0.15) is 34.8 Å². The summed E-state index contributed by atoms with van der Waals surface area (Å²) in [6, 6.07) is 10.3. The number of carbonyl (C=O) groups is 1. The highest BCUT2D eigenvalue weighted by molar-refractivity contribution is 5.96. The van der Waals surface area contributed by atoms with E-state index >= 15 is 0 Å². The largest absolute Gasteiger partial charge is 0.507 e. The molecule has 27 heavy (non-hydrogen) atoms. The monoisotopic (exact) mass is 365 g/mol. The Morgan fingerprint density at radius 3 is 2.78 bits per heavy atom. The molecule has 4 N–H and O–H groups in total. The van der Waals surface area contributed by atoms with Crippen LogP contribution in [0.5, 0.6) is 5.75 Å². The number of carbonyl (C=O) groups excluding carboxylic acids is 1. The fraction of sp³-hybridized carbons (Fsp3) is 0.250. The number of hydrogen-bond donors (Lipinski definition) is 4. The van der Waals surface area contributed by atoms with Crippen molar-refractivity contribution >= 4 is 16.8 Å². The molecule has 1 aliphatic rings. The summed E-state index contributed by atoms with van der Waals surface area (Å²) < 4.78 is 0. The predicted molar refractivity (Wildman–Crippen MR) is 99.4 cm³/mol. The van der Waals surface area contributed by atoms with Crippen LogP contribution in [0.15, 0.2) is 53.6 Å². The average molecular weight is 365 g/mol. The zero-order valence-electron chi connectivity index (χ0n) is 14.4. The SMILES string of the molecule is O=C(N[C@@H](c1cnc2ccccc2c1)C1CC(O)C1)c1c[nH]c(=O)cc1O. The number of H-pyrrole nitrogens is 1. The highest BCUT2D eigenvalue weighted by atomic mass is 16.3. The maximum absolute atomic E-state index is 12.7. The number of hydrogen-bond acceptors (Lipinski definition) is 5. The molecule has 1 aliphatic carbocycles. The van der Waals surface area contributed by atoms with Gasteiger partial charge in [0.25, 0.3) is 11.5 Å². The number of aromatic hydroxyl groups is 1. The Hall–Kier alpha value is -3.19. The standard InChI is InChI=1S/C20H19N3O4/c24-14-6-12(7-14)19(13-5-11-3-1-2-4-16(11)21-9-13)23-20(27)15-10-22-18(26)8-17(15)25/h1-5,8-10,12,14,19,24H,6-7H2,(H,23,27)(H2,22,25,26)/t12?,14?,19-/m1/s1. The number of rotatable bonds is 4. The summed E-state index contributed by atoms with van der Waals surface area (Å²) in [6.07, 6.45) is 3.71. The van der Waals surface area contributed by atoms with Crippen molar-refractivity contribution in [1.82, 2.24) is 15.3 Å². The van der Waals surface area contributed by atoms with Crippen LogP contribution in [0.2, 0.25) is 0 Å². The van der Waals surface area contributed by atoms with Gasteiger partial charge in [-0.1, -0.05) is 18.2 Å². The van der Waals surface area contributed by atoms with Crippen molar-refractivity contribution in [1.29, 1.82) is 0 Å². The molecule has 7 nitrogen and oxygen atoms in total. The number of aliphatic hydroxyl groups excluding tert-OH is 1. The Morgan fingerprint density at radius 1 is 1.26 bits per heavy atom. The summed E-state index contributed by atoms with van der Waals surface area (Å²) in [5.74, 6) is -0.805. The number of para-hydroxylation sites is 1. The second-order valence-corrected chi connectivity index (χ2v) is 6.89. The van der Waals surface area contributed by atoms with Crippen molar-refractivity contribution in [2.45, 2.75) is 25.0 Å². The summed E-state index contributed by atoms with van der Waals surface area (Å²) in [5, 5.41) is 23.5. The minimum atomic E-state index is -0.497. The molecule has 1 amide bonds. The molecule has 138 valence electrons. The lowest BCUT2D eigenvalue weighted by molar-refractivity contribution is 0.0234. The van der Waals surface area contributed by atoms with Gasteiger partial charge in [-0.25, -0.2) is 0 Å². The molecule has 0 bridgehead atoms. The van der Waals surface area contributed by atoms with Crippen molar-refractivity contribution < 1.29 is 15.0 Å². The zero-order chi connectivity index (χ0) is 19.0. The van der Waals surface area contributed by atoms with E-state index in [1.165, 1.54) is 6.20 Å². The van der Waals surface area contributed by atoms with Gasteiger partial charge in [0.05, 0.1) is 23.2 Å². The fourth-order valence-corrected chi connectivity index (χ4v) is 3.50. The molecule has 0 saturated heterocycles. The molecule has 0 aliphatic heterocycles. The van der Waals surface area contributed by atoms with E-state index < -0.39 is 11.5 Å². The molecule has 2 aromatic heterocycles. The molecule has 0 unspecified atom stereocenters. The number of fused-ring (bicyclic) bond motifs is 1. The van der Waals surface area contributed by atoms with Crippen molar-refractivity contribution in [3.8, 4) is 5.75 Å². The van der Waals surface area contributed by atoms with Crippen LogP contribution in [-0.2, 0) is 0 Å². The van der Waals surface area contributed by atoms with E-state index in [9.17, 15) is 19.8 Å². The lowest BCUT2D eigenvalue weighted by Crippen LogP contribution is -2.41. The number of nitrogens with zero attached hydrogens (tertiary/aromatic N) is 1. The van der Waals surface area contributed by atoms with E-state index in [1.54, 1.807) is 6.20 Å². The van der Waals surface area contributed by atoms with Crippen molar-refractivity contribution in [2.24, 2.45) is 5.92 Å². The molecule has 1 saturated carbocycles. The predicted octanol–water partition coefficient (Wildman–Crippen LogP) is 1.87. The van der Waals surface area contributed by atoms with Gasteiger partial charge in [-0.2, -0.15) is 0 Å². The number of aliphatic hydroxyl groups is 1. The first-order valence-electron chi connectivity index (χ1n) is 8.76. The average Bonchev–Trinajstić information content (AvgIpc) is 2.63. The maximum atomic E-state index is 12.7. The number of aromatic nitrogens is 2.